The predicted octanol–water partition coefficient (Wildman–Crippen LogP) is 5.02. The molecule has 0 radical (unpaired) electrons. The van der Waals surface area contributed by atoms with Gasteiger partial charge in [-0.25, -0.2) is 4.98 Å². The largest absolute Gasteiger partial charge is 0.433 e. The highest BCUT2D eigenvalue weighted by Gasteiger charge is 2.32. The summed E-state index contributed by atoms with van der Waals surface area (Å²) < 4.78 is 66.2. The third-order valence-electron chi connectivity index (χ3n) is 3.79. The molecule has 0 saturated carbocycles. The molecule has 0 saturated heterocycles. The zero-order valence-corrected chi connectivity index (χ0v) is 16.7. The number of halogens is 5. The summed E-state index contributed by atoms with van der Waals surface area (Å²) in [6, 6.07) is 5.81. The first-order valence-electron chi connectivity index (χ1n) is 9.10. The molecule has 0 aliphatic heterocycles. The highest BCUT2D eigenvalue weighted by Crippen LogP contribution is 2.30. The second-order valence-corrected chi connectivity index (χ2v) is 6.95. The smallest absolute Gasteiger partial charge is 0.352 e. The van der Waals surface area contributed by atoms with Crippen LogP contribution in [0, 0.1) is 0 Å². The lowest BCUT2D eigenvalue weighted by atomic mass is 10.2. The fraction of sp³-hybridized carbons (Fsp3) is 0.316. The lowest BCUT2D eigenvalue weighted by Crippen LogP contribution is -2.15. The summed E-state index contributed by atoms with van der Waals surface area (Å²) in [5.74, 6) is -3.27. The quantitative estimate of drug-likeness (QED) is 0.521. The molecule has 3 aromatic heterocycles. The Morgan fingerprint density at radius 1 is 0.871 bits per heavy atom. The molecule has 0 amide bonds. The average Bonchev–Trinajstić information content (AvgIpc) is 2.66. The van der Waals surface area contributed by atoms with Gasteiger partial charge in [0.15, 0.2) is 5.82 Å². The average molecular weight is 439 g/mol. The monoisotopic (exact) mass is 439 g/mol. The fourth-order valence-electron chi connectivity index (χ4n) is 2.46. The molecule has 2 N–H and O–H groups in total. The minimum Gasteiger partial charge on any atom is -0.352 e. The van der Waals surface area contributed by atoms with Crippen molar-refractivity contribution in [3.05, 3.63) is 47.9 Å². The Kier molecular flexibility index (Phi) is 6.00. The molecule has 164 valence electrons. The normalized spacial score (nSPS) is 12.2. The molecule has 3 rings (SSSR count). The van der Waals surface area contributed by atoms with Gasteiger partial charge in [0.1, 0.15) is 17.1 Å². The third-order valence-corrected chi connectivity index (χ3v) is 3.79. The highest BCUT2D eigenvalue weighted by atomic mass is 19.4. The van der Waals surface area contributed by atoms with Crippen molar-refractivity contribution in [3.63, 3.8) is 0 Å². The Hall–Kier alpha value is -3.44. The summed E-state index contributed by atoms with van der Waals surface area (Å²) in [6.45, 7) is 4.35. The number of nitrogens with zero attached hydrogens (tertiary/aromatic N) is 5. The van der Waals surface area contributed by atoms with Crippen LogP contribution in [0.1, 0.15) is 32.2 Å². The molecule has 0 unspecified atom stereocenters. The van der Waals surface area contributed by atoms with Crippen molar-refractivity contribution in [1.29, 1.82) is 0 Å². The number of aromatic nitrogens is 5. The molecule has 0 bridgehead atoms. The summed E-state index contributed by atoms with van der Waals surface area (Å²) in [5, 5.41) is 5.70. The van der Waals surface area contributed by atoms with Crippen molar-refractivity contribution < 1.29 is 22.0 Å². The molecule has 0 fully saturated rings. The van der Waals surface area contributed by atoms with Crippen molar-refractivity contribution >= 4 is 17.6 Å². The number of hydrogen-bond acceptors (Lipinski definition) is 7. The minimum absolute atomic E-state index is 0.0658. The second kappa shape index (κ2) is 8.36. The number of hydrogen-bond donors (Lipinski definition) is 2. The van der Waals surface area contributed by atoms with E-state index in [0.717, 1.165) is 12.1 Å². The van der Waals surface area contributed by atoms with Gasteiger partial charge in [0.05, 0.1) is 0 Å². The maximum Gasteiger partial charge on any atom is 0.433 e. The van der Waals surface area contributed by atoms with Crippen LogP contribution in [0.3, 0.4) is 0 Å². The van der Waals surface area contributed by atoms with Crippen molar-refractivity contribution in [2.24, 2.45) is 0 Å². The van der Waals surface area contributed by atoms with Crippen LogP contribution in [-0.4, -0.2) is 31.0 Å². The van der Waals surface area contributed by atoms with E-state index in [0.29, 0.717) is 6.92 Å². The Bertz CT molecular complexity index is 1060. The number of alkyl halides is 5. The van der Waals surface area contributed by atoms with Gasteiger partial charge >= 0.3 is 6.18 Å². The SMILES string of the molecule is CC(C)Nc1nc(Nc2ccnc(C(C)(F)F)c2)nc(-c2cccc(C(F)(F)F)n2)n1. The van der Waals surface area contributed by atoms with Crippen LogP contribution < -0.4 is 10.6 Å². The summed E-state index contributed by atoms with van der Waals surface area (Å²) in [7, 11) is 0. The van der Waals surface area contributed by atoms with Crippen molar-refractivity contribution in [2.75, 3.05) is 10.6 Å². The summed E-state index contributed by atoms with van der Waals surface area (Å²) in [4.78, 5) is 19.6. The number of rotatable bonds is 6. The molecule has 3 heterocycles. The van der Waals surface area contributed by atoms with Gasteiger partial charge in [-0.15, -0.1) is 0 Å². The molecule has 0 atom stereocenters. The van der Waals surface area contributed by atoms with Crippen LogP contribution >= 0.6 is 0 Å². The van der Waals surface area contributed by atoms with E-state index in [-0.39, 0.29) is 35.1 Å². The Balaban J connectivity index is 2.02. The van der Waals surface area contributed by atoms with E-state index >= 15 is 0 Å². The lowest BCUT2D eigenvalue weighted by Gasteiger charge is -2.14. The van der Waals surface area contributed by atoms with E-state index < -0.39 is 23.5 Å². The van der Waals surface area contributed by atoms with E-state index in [1.807, 2.05) is 13.8 Å². The zero-order chi connectivity index (χ0) is 22.8. The molecule has 12 heteroatoms. The van der Waals surface area contributed by atoms with Crippen LogP contribution in [0.5, 0.6) is 0 Å². The van der Waals surface area contributed by atoms with Crippen LogP contribution in [0.4, 0.5) is 39.5 Å². The van der Waals surface area contributed by atoms with E-state index in [1.54, 1.807) is 0 Å². The van der Waals surface area contributed by atoms with Crippen molar-refractivity contribution in [2.45, 2.75) is 38.9 Å². The molecule has 0 aliphatic carbocycles. The van der Waals surface area contributed by atoms with Crippen LogP contribution in [0.2, 0.25) is 0 Å². The van der Waals surface area contributed by atoms with E-state index in [2.05, 4.69) is 35.6 Å². The van der Waals surface area contributed by atoms with Crippen LogP contribution in [-0.2, 0) is 12.1 Å². The second-order valence-electron chi connectivity index (χ2n) is 6.95. The lowest BCUT2D eigenvalue weighted by molar-refractivity contribution is -0.141. The summed E-state index contributed by atoms with van der Waals surface area (Å²) in [5.41, 5.74) is -1.46. The first-order valence-corrected chi connectivity index (χ1v) is 9.10. The van der Waals surface area contributed by atoms with E-state index in [9.17, 15) is 22.0 Å². The Labute approximate surface area is 174 Å². The molecule has 7 nitrogen and oxygen atoms in total. The first kappa shape index (κ1) is 22.2. The van der Waals surface area contributed by atoms with E-state index in [4.69, 9.17) is 0 Å². The van der Waals surface area contributed by atoms with E-state index in [1.165, 1.54) is 24.4 Å². The van der Waals surface area contributed by atoms with Crippen LogP contribution in [0.15, 0.2) is 36.5 Å². The molecule has 0 aliphatic rings. The summed E-state index contributed by atoms with van der Waals surface area (Å²) in [6.07, 6.45) is -3.44. The van der Waals surface area contributed by atoms with Gasteiger partial charge < -0.3 is 10.6 Å². The van der Waals surface area contributed by atoms with Gasteiger partial charge in [0.2, 0.25) is 11.9 Å². The fourth-order valence-corrected chi connectivity index (χ4v) is 2.46. The van der Waals surface area contributed by atoms with Crippen molar-refractivity contribution in [1.82, 2.24) is 24.9 Å². The van der Waals surface area contributed by atoms with Crippen molar-refractivity contribution in [3.8, 4) is 11.5 Å². The number of anilines is 3. The van der Waals surface area contributed by atoms with Gasteiger partial charge in [-0.2, -0.15) is 36.9 Å². The molecule has 0 spiro atoms. The minimum atomic E-state index is -4.64. The number of pyridine rings is 2. The van der Waals surface area contributed by atoms with Gasteiger partial charge in [-0.1, -0.05) is 6.07 Å². The topological polar surface area (TPSA) is 88.5 Å². The standard InChI is InChI=1S/C19H18F5N7/c1-10(2)26-16-29-15(12-5-4-6-13(28-12)19(22,23)24)30-17(31-16)27-11-7-8-25-14(9-11)18(3,20)21/h4-10H,1-3H3,(H2,25,26,27,29,30,31). The highest BCUT2D eigenvalue weighted by molar-refractivity contribution is 5.59. The maximum atomic E-state index is 13.6. The van der Waals surface area contributed by atoms with Gasteiger partial charge in [-0.05, 0) is 38.1 Å². The molecule has 3 aromatic rings. The molecular weight excluding hydrogens is 421 g/mol. The summed E-state index contributed by atoms with van der Waals surface area (Å²) >= 11 is 0. The zero-order valence-electron chi connectivity index (χ0n) is 16.7. The Morgan fingerprint density at radius 2 is 1.58 bits per heavy atom. The Morgan fingerprint density at radius 3 is 2.23 bits per heavy atom. The molecule has 31 heavy (non-hydrogen) atoms. The van der Waals surface area contributed by atoms with Gasteiger partial charge in [-0.3, -0.25) is 4.98 Å². The van der Waals surface area contributed by atoms with Gasteiger partial charge in [0.25, 0.3) is 5.92 Å². The predicted molar refractivity (Wildman–Crippen MR) is 104 cm³/mol. The molecule has 0 aromatic carbocycles. The van der Waals surface area contributed by atoms with Crippen LogP contribution in [0.25, 0.3) is 11.5 Å². The maximum absolute atomic E-state index is 13.6. The first-order chi connectivity index (χ1) is 14.4. The number of nitrogens with one attached hydrogen (secondary N) is 2. The molecular formula is C19H18F5N7. The van der Waals surface area contributed by atoms with Gasteiger partial charge in [0, 0.05) is 24.8 Å². The third kappa shape index (κ3) is 5.80.